The number of aromatic nitrogens is 2. The molecule has 2 N–H and O–H groups in total. The summed E-state index contributed by atoms with van der Waals surface area (Å²) in [5.41, 5.74) is 1.27. The van der Waals surface area contributed by atoms with Gasteiger partial charge in [-0.1, -0.05) is 30.3 Å². The van der Waals surface area contributed by atoms with Crippen LogP contribution in [0.25, 0.3) is 0 Å². The van der Waals surface area contributed by atoms with Gasteiger partial charge in [0.25, 0.3) is 5.56 Å². The summed E-state index contributed by atoms with van der Waals surface area (Å²) in [6.07, 6.45) is 2.20. The fraction of sp³-hybridized carbons (Fsp3) is 0.273. The third-order valence-electron chi connectivity index (χ3n) is 5.13. The molecule has 1 aliphatic carbocycles. The Balaban J connectivity index is 1.67. The number of benzene rings is 2. The van der Waals surface area contributed by atoms with Crippen LogP contribution in [-0.4, -0.2) is 18.4 Å². The molecule has 1 heterocycles. The van der Waals surface area contributed by atoms with Crippen molar-refractivity contribution in [3.63, 3.8) is 0 Å². The van der Waals surface area contributed by atoms with Gasteiger partial charge in [-0.3, -0.25) is 4.79 Å². The maximum atomic E-state index is 13.6. The van der Waals surface area contributed by atoms with Crippen molar-refractivity contribution in [2.45, 2.75) is 43.0 Å². The Hall–Kier alpha value is -2.84. The largest absolute Gasteiger partial charge is 0.310 e. The van der Waals surface area contributed by atoms with Crippen LogP contribution in [-0.2, 0) is 16.4 Å². The normalized spacial score (nSPS) is 15.1. The first kappa shape index (κ1) is 20.4. The minimum atomic E-state index is -3.92. The Labute approximate surface area is 174 Å². The Morgan fingerprint density at radius 2 is 1.90 bits per heavy atom. The van der Waals surface area contributed by atoms with E-state index in [2.05, 4.69) is 14.7 Å². The number of nitrogens with zero attached hydrogens (tertiary/aromatic N) is 1. The lowest BCUT2D eigenvalue weighted by atomic mass is 10.0. The van der Waals surface area contributed by atoms with Gasteiger partial charge in [-0.25, -0.2) is 22.5 Å². The van der Waals surface area contributed by atoms with Crippen LogP contribution < -0.4 is 10.3 Å². The second kappa shape index (κ2) is 8.12. The van der Waals surface area contributed by atoms with Gasteiger partial charge in [0.15, 0.2) is 0 Å². The monoisotopic (exact) mass is 427 g/mol. The van der Waals surface area contributed by atoms with E-state index in [1.165, 1.54) is 25.1 Å². The lowest BCUT2D eigenvalue weighted by Gasteiger charge is -2.19. The summed E-state index contributed by atoms with van der Waals surface area (Å²) in [4.78, 5) is 19.4. The fourth-order valence-corrected chi connectivity index (χ4v) is 4.65. The van der Waals surface area contributed by atoms with Gasteiger partial charge < -0.3 is 4.98 Å². The van der Waals surface area contributed by atoms with Gasteiger partial charge in [0.1, 0.15) is 11.6 Å². The summed E-state index contributed by atoms with van der Waals surface area (Å²) < 4.78 is 42.3. The highest BCUT2D eigenvalue weighted by Gasteiger charge is 2.27. The number of nitrogens with one attached hydrogen (secondary N) is 2. The number of sulfonamides is 1. The SMILES string of the molecule is Cc1cc(S(=O)(=O)NC(Cc2cc(=O)[nH]c(C3CC3)n2)c2ccccc2)ccc1F. The Morgan fingerprint density at radius 1 is 1.17 bits per heavy atom. The fourth-order valence-electron chi connectivity index (χ4n) is 3.34. The predicted octanol–water partition coefficient (Wildman–Crippen LogP) is 3.36. The van der Waals surface area contributed by atoms with Crippen molar-refractivity contribution in [3.05, 3.63) is 93.4 Å². The first-order valence-corrected chi connectivity index (χ1v) is 11.2. The molecule has 1 aromatic heterocycles. The molecule has 0 saturated heterocycles. The molecule has 2 aromatic carbocycles. The molecule has 8 heteroatoms. The third kappa shape index (κ3) is 4.66. The van der Waals surface area contributed by atoms with Gasteiger partial charge in [0, 0.05) is 24.1 Å². The van der Waals surface area contributed by atoms with E-state index in [0.29, 0.717) is 11.5 Å². The number of aromatic amines is 1. The van der Waals surface area contributed by atoms with Crippen molar-refractivity contribution in [2.24, 2.45) is 0 Å². The van der Waals surface area contributed by atoms with E-state index in [-0.39, 0.29) is 28.4 Å². The van der Waals surface area contributed by atoms with Crippen LogP contribution in [0.1, 0.15) is 47.4 Å². The molecule has 1 aliphatic rings. The number of aryl methyl sites for hydroxylation is 1. The first-order chi connectivity index (χ1) is 14.3. The lowest BCUT2D eigenvalue weighted by Crippen LogP contribution is -2.31. The number of rotatable bonds is 7. The number of halogens is 1. The summed E-state index contributed by atoms with van der Waals surface area (Å²) in [6.45, 7) is 1.52. The number of hydrogen-bond donors (Lipinski definition) is 2. The summed E-state index contributed by atoms with van der Waals surface area (Å²) in [5.74, 6) is 0.460. The average Bonchev–Trinajstić information content (AvgIpc) is 3.55. The average molecular weight is 428 g/mol. The van der Waals surface area contributed by atoms with Crippen LogP contribution in [0.4, 0.5) is 4.39 Å². The third-order valence-corrected chi connectivity index (χ3v) is 6.60. The van der Waals surface area contributed by atoms with E-state index < -0.39 is 21.9 Å². The molecule has 0 amide bonds. The molecule has 156 valence electrons. The maximum absolute atomic E-state index is 13.6. The second-order valence-corrected chi connectivity index (χ2v) is 9.31. The Morgan fingerprint density at radius 3 is 2.57 bits per heavy atom. The second-order valence-electron chi connectivity index (χ2n) is 7.60. The van der Waals surface area contributed by atoms with Crippen molar-refractivity contribution in [2.75, 3.05) is 0 Å². The molecule has 3 aromatic rings. The van der Waals surface area contributed by atoms with E-state index in [0.717, 1.165) is 24.5 Å². The summed E-state index contributed by atoms with van der Waals surface area (Å²) in [6, 6.07) is 13.6. The molecule has 0 aliphatic heterocycles. The van der Waals surface area contributed by atoms with Gasteiger partial charge in [-0.2, -0.15) is 0 Å². The quantitative estimate of drug-likeness (QED) is 0.605. The van der Waals surface area contributed by atoms with E-state index in [1.807, 2.05) is 30.3 Å². The number of H-pyrrole nitrogens is 1. The van der Waals surface area contributed by atoms with E-state index in [4.69, 9.17) is 0 Å². The van der Waals surface area contributed by atoms with Gasteiger partial charge in [-0.05, 0) is 49.1 Å². The molecule has 30 heavy (non-hydrogen) atoms. The molecule has 1 unspecified atom stereocenters. The highest BCUT2D eigenvalue weighted by Crippen LogP contribution is 2.37. The van der Waals surface area contributed by atoms with Crippen molar-refractivity contribution in [1.29, 1.82) is 0 Å². The van der Waals surface area contributed by atoms with E-state index in [9.17, 15) is 17.6 Å². The Kier molecular flexibility index (Phi) is 5.53. The zero-order valence-corrected chi connectivity index (χ0v) is 17.2. The van der Waals surface area contributed by atoms with Crippen LogP contribution >= 0.6 is 0 Å². The minimum Gasteiger partial charge on any atom is -0.310 e. The maximum Gasteiger partial charge on any atom is 0.251 e. The zero-order valence-electron chi connectivity index (χ0n) is 16.4. The smallest absolute Gasteiger partial charge is 0.251 e. The molecule has 4 rings (SSSR count). The lowest BCUT2D eigenvalue weighted by molar-refractivity contribution is 0.551. The molecule has 0 radical (unpaired) electrons. The van der Waals surface area contributed by atoms with Gasteiger partial charge in [0.2, 0.25) is 10.0 Å². The molecular formula is C22H22FN3O3S. The van der Waals surface area contributed by atoms with E-state index >= 15 is 0 Å². The standard InChI is InChI=1S/C22H22FN3O3S/c1-14-11-18(9-10-19(14)23)30(28,29)26-20(15-5-3-2-4-6-15)12-17-13-21(27)25-22(24-17)16-7-8-16/h2-6,9-11,13,16,20,26H,7-8,12H2,1H3,(H,24,25,27). The van der Waals surface area contributed by atoms with Crippen LogP contribution in [0.2, 0.25) is 0 Å². The van der Waals surface area contributed by atoms with Gasteiger partial charge in [-0.15, -0.1) is 0 Å². The highest BCUT2D eigenvalue weighted by molar-refractivity contribution is 7.89. The van der Waals surface area contributed by atoms with Crippen molar-refractivity contribution in [3.8, 4) is 0 Å². The zero-order chi connectivity index (χ0) is 21.3. The minimum absolute atomic E-state index is 0.0140. The highest BCUT2D eigenvalue weighted by atomic mass is 32.2. The van der Waals surface area contributed by atoms with Crippen molar-refractivity contribution < 1.29 is 12.8 Å². The Bertz CT molecular complexity index is 1220. The van der Waals surface area contributed by atoms with Crippen molar-refractivity contribution in [1.82, 2.24) is 14.7 Å². The topological polar surface area (TPSA) is 91.9 Å². The number of hydrogen-bond acceptors (Lipinski definition) is 4. The van der Waals surface area contributed by atoms with E-state index in [1.54, 1.807) is 0 Å². The summed E-state index contributed by atoms with van der Waals surface area (Å²) in [7, 11) is -3.92. The molecule has 6 nitrogen and oxygen atoms in total. The first-order valence-electron chi connectivity index (χ1n) is 9.75. The van der Waals surface area contributed by atoms with Gasteiger partial charge >= 0.3 is 0 Å². The van der Waals surface area contributed by atoms with Crippen molar-refractivity contribution >= 4 is 10.0 Å². The molecular weight excluding hydrogens is 405 g/mol. The van der Waals surface area contributed by atoms with Crippen LogP contribution in [0, 0.1) is 12.7 Å². The van der Waals surface area contributed by atoms with Crippen LogP contribution in [0.5, 0.6) is 0 Å². The summed E-state index contributed by atoms with van der Waals surface area (Å²) in [5, 5.41) is 0. The van der Waals surface area contributed by atoms with Gasteiger partial charge in [0.05, 0.1) is 10.9 Å². The van der Waals surface area contributed by atoms with Crippen LogP contribution in [0.15, 0.2) is 64.3 Å². The molecule has 0 spiro atoms. The predicted molar refractivity (Wildman–Crippen MR) is 111 cm³/mol. The van der Waals surface area contributed by atoms with Crippen LogP contribution in [0.3, 0.4) is 0 Å². The molecule has 1 fully saturated rings. The molecule has 1 atom stereocenters. The molecule has 1 saturated carbocycles. The molecule has 0 bridgehead atoms. The summed E-state index contributed by atoms with van der Waals surface area (Å²) >= 11 is 0.